The van der Waals surface area contributed by atoms with Crippen molar-refractivity contribution in [3.8, 4) is 11.5 Å². The molecule has 164 valence electrons. The lowest BCUT2D eigenvalue weighted by Crippen LogP contribution is -2.30. The van der Waals surface area contributed by atoms with Crippen LogP contribution in [-0.2, 0) is 6.61 Å². The van der Waals surface area contributed by atoms with Gasteiger partial charge in [-0.2, -0.15) is 0 Å². The predicted octanol–water partition coefficient (Wildman–Crippen LogP) is 7.14. The van der Waals surface area contributed by atoms with Crippen LogP contribution < -0.4 is 14.8 Å². The van der Waals surface area contributed by atoms with Crippen LogP contribution >= 0.6 is 15.9 Å². The summed E-state index contributed by atoms with van der Waals surface area (Å²) in [6.07, 6.45) is 4.97. The first-order chi connectivity index (χ1) is 15.5. The van der Waals surface area contributed by atoms with Crippen molar-refractivity contribution in [2.24, 2.45) is 5.92 Å². The van der Waals surface area contributed by atoms with Crippen molar-refractivity contribution in [1.82, 2.24) is 0 Å². The Morgan fingerprint density at radius 2 is 1.91 bits per heavy atom. The molecule has 0 unspecified atom stereocenters. The van der Waals surface area contributed by atoms with Crippen LogP contribution in [0.15, 0.2) is 71.2 Å². The summed E-state index contributed by atoms with van der Waals surface area (Å²) in [5.74, 6) is 0.199. The van der Waals surface area contributed by atoms with Crippen LogP contribution in [0, 0.1) is 17.6 Å². The van der Waals surface area contributed by atoms with Gasteiger partial charge in [0.1, 0.15) is 18.2 Å². The topological polar surface area (TPSA) is 30.5 Å². The lowest BCUT2D eigenvalue weighted by Gasteiger charge is -2.38. The Bertz CT molecular complexity index is 1180. The molecule has 2 aliphatic rings. The van der Waals surface area contributed by atoms with Crippen molar-refractivity contribution >= 4 is 21.6 Å². The quantitative estimate of drug-likeness (QED) is 0.380. The zero-order valence-electron chi connectivity index (χ0n) is 17.4. The molecule has 3 aromatic carbocycles. The second-order valence-electron chi connectivity index (χ2n) is 8.14. The summed E-state index contributed by atoms with van der Waals surface area (Å²) in [6, 6.07) is 16.0. The van der Waals surface area contributed by atoms with Gasteiger partial charge in [-0.1, -0.05) is 42.5 Å². The van der Waals surface area contributed by atoms with E-state index in [0.717, 1.165) is 28.1 Å². The molecule has 1 heterocycles. The van der Waals surface area contributed by atoms with Gasteiger partial charge in [0.25, 0.3) is 0 Å². The van der Waals surface area contributed by atoms with Gasteiger partial charge in [-0.05, 0) is 63.2 Å². The van der Waals surface area contributed by atoms with E-state index in [-0.39, 0.29) is 17.9 Å². The van der Waals surface area contributed by atoms with Gasteiger partial charge in [0.05, 0.1) is 23.3 Å². The highest BCUT2D eigenvalue weighted by atomic mass is 79.9. The van der Waals surface area contributed by atoms with E-state index in [9.17, 15) is 8.78 Å². The van der Waals surface area contributed by atoms with E-state index in [0.29, 0.717) is 29.4 Å². The zero-order chi connectivity index (χ0) is 22.2. The molecule has 0 aromatic heterocycles. The zero-order valence-corrected chi connectivity index (χ0v) is 19.0. The van der Waals surface area contributed by atoms with E-state index >= 15 is 0 Å². The Morgan fingerprint density at radius 1 is 1.09 bits per heavy atom. The highest BCUT2D eigenvalue weighted by Gasteiger charge is 2.39. The number of anilines is 1. The second kappa shape index (κ2) is 8.58. The molecule has 0 bridgehead atoms. The summed E-state index contributed by atoms with van der Waals surface area (Å²) < 4.78 is 41.0. The molecule has 0 spiro atoms. The number of hydrogen-bond donors (Lipinski definition) is 1. The molecule has 0 saturated heterocycles. The minimum Gasteiger partial charge on any atom is -0.493 e. The van der Waals surface area contributed by atoms with Gasteiger partial charge < -0.3 is 14.8 Å². The van der Waals surface area contributed by atoms with Crippen molar-refractivity contribution in [2.75, 3.05) is 12.4 Å². The van der Waals surface area contributed by atoms with Gasteiger partial charge >= 0.3 is 0 Å². The van der Waals surface area contributed by atoms with E-state index < -0.39 is 11.6 Å². The second-order valence-corrected chi connectivity index (χ2v) is 8.99. The van der Waals surface area contributed by atoms with E-state index in [2.05, 4.69) is 33.4 Å². The first kappa shape index (κ1) is 21.0. The van der Waals surface area contributed by atoms with Crippen molar-refractivity contribution in [3.05, 3.63) is 99.5 Å². The van der Waals surface area contributed by atoms with Crippen LogP contribution in [0.1, 0.15) is 35.1 Å². The largest absolute Gasteiger partial charge is 0.493 e. The highest BCUT2D eigenvalue weighted by molar-refractivity contribution is 9.10. The number of nitrogens with one attached hydrogen (secondary N) is 1. The number of hydrogen-bond acceptors (Lipinski definition) is 3. The molecule has 0 fully saturated rings. The van der Waals surface area contributed by atoms with Gasteiger partial charge in [-0.15, -0.1) is 0 Å². The molecule has 0 radical (unpaired) electrons. The summed E-state index contributed by atoms with van der Waals surface area (Å²) in [5.41, 5.74) is 3.04. The summed E-state index contributed by atoms with van der Waals surface area (Å²) in [6.45, 7) is 0.412. The maximum atomic E-state index is 14.6. The molecule has 0 saturated carbocycles. The Kier molecular flexibility index (Phi) is 5.64. The maximum Gasteiger partial charge on any atom is 0.175 e. The van der Waals surface area contributed by atoms with Crippen LogP contribution in [0.5, 0.6) is 11.5 Å². The lowest BCUT2D eigenvalue weighted by molar-refractivity contribution is 0.282. The van der Waals surface area contributed by atoms with Gasteiger partial charge in [0.15, 0.2) is 11.5 Å². The average molecular weight is 498 g/mol. The summed E-state index contributed by atoms with van der Waals surface area (Å²) >= 11 is 3.64. The SMILES string of the molecule is COc1cc([C@@H]2Nc3c(F)cc(F)cc3[C@@H]3C=CC[C@@H]32)cc(Br)c1OCc1ccccc1. The fraction of sp³-hybridized carbons (Fsp3) is 0.231. The molecule has 1 N–H and O–H groups in total. The van der Waals surface area contributed by atoms with Gasteiger partial charge in [-0.3, -0.25) is 0 Å². The predicted molar refractivity (Wildman–Crippen MR) is 124 cm³/mol. The smallest absolute Gasteiger partial charge is 0.175 e. The minimum atomic E-state index is -0.572. The van der Waals surface area contributed by atoms with Gasteiger partial charge in [-0.25, -0.2) is 8.78 Å². The van der Waals surface area contributed by atoms with E-state index in [1.165, 1.54) is 6.07 Å². The van der Waals surface area contributed by atoms with Crippen molar-refractivity contribution in [2.45, 2.75) is 25.0 Å². The number of methoxy groups -OCH3 is 1. The first-order valence-electron chi connectivity index (χ1n) is 10.5. The van der Waals surface area contributed by atoms with Crippen molar-refractivity contribution in [1.29, 1.82) is 0 Å². The first-order valence-corrected chi connectivity index (χ1v) is 11.3. The maximum absolute atomic E-state index is 14.6. The van der Waals surface area contributed by atoms with Gasteiger partial charge in [0.2, 0.25) is 0 Å². The summed E-state index contributed by atoms with van der Waals surface area (Å²) in [4.78, 5) is 0. The van der Waals surface area contributed by atoms with E-state index in [4.69, 9.17) is 9.47 Å². The molecule has 3 aromatic rings. The molecule has 3 nitrogen and oxygen atoms in total. The monoisotopic (exact) mass is 497 g/mol. The van der Waals surface area contributed by atoms with Crippen molar-refractivity contribution < 1.29 is 18.3 Å². The average Bonchev–Trinajstić information content (AvgIpc) is 3.28. The third-order valence-corrected chi connectivity index (χ3v) is 6.81. The Hall–Kier alpha value is -2.86. The van der Waals surface area contributed by atoms with Crippen LogP contribution in [0.4, 0.5) is 14.5 Å². The number of fused-ring (bicyclic) bond motifs is 3. The summed E-state index contributed by atoms with van der Waals surface area (Å²) in [5, 5.41) is 3.34. The van der Waals surface area contributed by atoms with Crippen molar-refractivity contribution in [3.63, 3.8) is 0 Å². The Morgan fingerprint density at radius 3 is 2.69 bits per heavy atom. The standard InChI is InChI=1S/C26H22BrF2NO2/c1-31-23-11-16(10-21(27)26(23)32-14-15-6-3-2-4-7-15)24-19-9-5-8-18(19)20-12-17(28)13-22(29)25(20)30-24/h2-8,10-13,18-19,24,30H,9,14H2,1H3/t18-,19+,24+/m1/s1. The molecule has 1 aliphatic heterocycles. The van der Waals surface area contributed by atoms with E-state index in [1.807, 2.05) is 42.5 Å². The van der Waals surface area contributed by atoms with Crippen LogP contribution in [0.3, 0.4) is 0 Å². The van der Waals surface area contributed by atoms with Crippen LogP contribution in [0.2, 0.25) is 0 Å². The molecule has 5 rings (SSSR count). The fourth-order valence-corrected chi connectivity index (χ4v) is 5.31. The molecular weight excluding hydrogens is 476 g/mol. The highest BCUT2D eigenvalue weighted by Crippen LogP contribution is 2.52. The number of benzene rings is 3. The van der Waals surface area contributed by atoms with E-state index in [1.54, 1.807) is 7.11 Å². The lowest BCUT2D eigenvalue weighted by atomic mass is 9.77. The molecule has 1 aliphatic carbocycles. The third-order valence-electron chi connectivity index (χ3n) is 6.22. The number of allylic oxidation sites excluding steroid dienone is 2. The summed E-state index contributed by atoms with van der Waals surface area (Å²) in [7, 11) is 1.60. The molecule has 6 heteroatoms. The number of rotatable bonds is 5. The molecular formula is C26H22BrF2NO2. The fourth-order valence-electron chi connectivity index (χ4n) is 4.74. The normalized spacial score (nSPS) is 20.9. The minimum absolute atomic E-state index is 0.0415. The Balaban J connectivity index is 1.49. The number of ether oxygens (including phenoxy) is 2. The molecule has 0 amide bonds. The van der Waals surface area contributed by atoms with Gasteiger partial charge in [0, 0.05) is 12.0 Å². The Labute approximate surface area is 194 Å². The molecule has 32 heavy (non-hydrogen) atoms. The van der Waals surface area contributed by atoms with Crippen LogP contribution in [0.25, 0.3) is 0 Å². The number of halogens is 3. The third kappa shape index (κ3) is 3.77. The molecule has 3 atom stereocenters. The van der Waals surface area contributed by atoms with Crippen LogP contribution in [-0.4, -0.2) is 7.11 Å².